The molecule has 0 atom stereocenters. The zero-order valence-corrected chi connectivity index (χ0v) is 7.61. The molecule has 5 heavy (non-hydrogen) atoms. The van der Waals surface area contributed by atoms with Gasteiger partial charge in [0.25, 0.3) is 0 Å². The Bertz CT molecular complexity index is 42.2. The Kier molecular flexibility index (Phi) is 2.61. The molecule has 30 valence electrons. The second-order valence-corrected chi connectivity index (χ2v) is 13.0. The first-order chi connectivity index (χ1) is 2.27. The summed E-state index contributed by atoms with van der Waals surface area (Å²) in [6.07, 6.45) is 0. The van der Waals surface area contributed by atoms with Crippen LogP contribution in [0.3, 0.4) is 0 Å². The van der Waals surface area contributed by atoms with Gasteiger partial charge in [0.2, 0.25) is 0 Å². The monoisotopic (exact) mass is 121 g/mol. The molecule has 0 aromatic rings. The summed E-state index contributed by atoms with van der Waals surface area (Å²) in [4.78, 5) is 0. The van der Waals surface area contributed by atoms with Crippen LogP contribution in [0.2, 0.25) is 0 Å². The van der Waals surface area contributed by atoms with Gasteiger partial charge in [-0.25, -0.2) is 0 Å². The molecule has 0 heterocycles. The van der Waals surface area contributed by atoms with Crippen LogP contribution in [-0.2, 0) is 4.46 Å². The number of hydrogen-bond acceptors (Lipinski definition) is 1. The third-order valence-corrected chi connectivity index (χ3v) is 9.41. The maximum absolute atomic E-state index is 9.87. The van der Waals surface area contributed by atoms with E-state index < -0.39 is 8.36 Å². The first kappa shape index (κ1) is 5.25. The van der Waals surface area contributed by atoms with Crippen molar-refractivity contribution in [1.29, 1.82) is 0 Å². The molecule has 0 saturated carbocycles. The highest BCUT2D eigenvalue weighted by Crippen LogP contribution is 1.31. The van der Waals surface area contributed by atoms with Crippen LogP contribution in [0, 0.1) is 0 Å². The highest BCUT2D eigenvalue weighted by atomic mass is 29.5. The van der Waals surface area contributed by atoms with Gasteiger partial charge in [0.15, 0.2) is 0 Å². The van der Waals surface area contributed by atoms with Crippen molar-refractivity contribution in [2.75, 3.05) is 0 Å². The van der Waals surface area contributed by atoms with E-state index in [1.807, 2.05) is 0 Å². The Morgan fingerprint density at radius 3 is 2.20 bits per heavy atom. The highest BCUT2D eigenvalue weighted by Gasteiger charge is 1.85. The van der Waals surface area contributed by atoms with E-state index in [0.717, 1.165) is 9.76 Å². The molecule has 0 aliphatic rings. The maximum Gasteiger partial charge on any atom is 0.350 e. The first-order valence-electron chi connectivity index (χ1n) is 1.55. The van der Waals surface area contributed by atoms with Crippen LogP contribution in [0.15, 0.2) is 0 Å². The van der Waals surface area contributed by atoms with Gasteiger partial charge >= 0.3 is 8.36 Å². The minimum atomic E-state index is -1.42. The van der Waals surface area contributed by atoms with Gasteiger partial charge in [0.05, 0.1) is 8.55 Å². The van der Waals surface area contributed by atoms with E-state index in [1.54, 1.807) is 0 Å². The molecule has 0 amide bonds. The fraction of sp³-hybridized carbons (Fsp3) is 0. The molecule has 0 aliphatic carbocycles. The van der Waals surface area contributed by atoms with Crippen LogP contribution in [0.25, 0.3) is 0 Å². The molecule has 0 radical (unpaired) electrons. The second kappa shape index (κ2) is 2.49. The topological polar surface area (TPSA) is 43.1 Å². The van der Waals surface area contributed by atoms with E-state index in [2.05, 4.69) is 0 Å². The quantitative estimate of drug-likeness (QED) is 0.372. The lowest BCUT2D eigenvalue weighted by molar-refractivity contribution is 0.573. The lowest BCUT2D eigenvalue weighted by Crippen LogP contribution is -2.22. The van der Waals surface area contributed by atoms with Gasteiger partial charge in [-0.3, -0.25) is 0 Å². The number of nitrogens with two attached hydrogens (primary N) is 1. The summed E-state index contributed by atoms with van der Waals surface area (Å²) in [5, 5.41) is 4.93. The summed E-state index contributed by atoms with van der Waals surface area (Å²) >= 11 is 0. The minimum Gasteiger partial charge on any atom is -0.406 e. The van der Waals surface area contributed by atoms with Gasteiger partial charge in [-0.15, -0.1) is 0 Å². The molecule has 0 spiro atoms. The minimum absolute atomic E-state index is 0.188. The van der Waals surface area contributed by atoms with Crippen molar-refractivity contribution in [1.82, 2.24) is 0 Å². The predicted octanol–water partition coefficient (Wildman–Crippen LogP) is -3.19. The van der Waals surface area contributed by atoms with Crippen molar-refractivity contribution in [3.8, 4) is 0 Å². The fourth-order valence-corrected chi connectivity index (χ4v) is 0. The van der Waals surface area contributed by atoms with Gasteiger partial charge in [-0.05, 0) is 9.76 Å². The lowest BCUT2D eigenvalue weighted by atomic mass is 13.9. The van der Waals surface area contributed by atoms with Gasteiger partial charge in [0.1, 0.15) is 0 Å². The van der Waals surface area contributed by atoms with Crippen molar-refractivity contribution >= 4 is 26.7 Å². The summed E-state index contributed by atoms with van der Waals surface area (Å²) < 4.78 is 9.87. The molecule has 0 aliphatic heterocycles. The Balaban J connectivity index is 2.85. The van der Waals surface area contributed by atoms with Crippen LogP contribution in [0.5, 0.6) is 0 Å². The predicted molar refractivity (Wildman–Crippen MR) is 29.1 cm³/mol. The van der Waals surface area contributed by atoms with E-state index in [4.69, 9.17) is 5.40 Å². The maximum atomic E-state index is 9.87. The molecule has 2 N–H and O–H groups in total. The van der Waals surface area contributed by atoms with Gasteiger partial charge in [-0.1, -0.05) is 0 Å². The van der Waals surface area contributed by atoms with Gasteiger partial charge in [0, 0.05) is 0 Å². The third kappa shape index (κ3) is 4.25. The zero-order valence-electron chi connectivity index (χ0n) is 3.19. The molecule has 2 nitrogen and oxygen atoms in total. The molecule has 0 bridgehead atoms. The van der Waals surface area contributed by atoms with E-state index in [9.17, 15) is 4.46 Å². The Morgan fingerprint density at radius 1 is 2.00 bits per heavy atom. The summed E-state index contributed by atoms with van der Waals surface area (Å²) in [5.74, 6) is 0. The molecule has 0 unspecified atom stereocenters. The van der Waals surface area contributed by atoms with Crippen molar-refractivity contribution in [3.05, 3.63) is 0 Å². The molecule has 0 rings (SSSR count). The van der Waals surface area contributed by atoms with Crippen LogP contribution < -0.4 is 5.40 Å². The van der Waals surface area contributed by atoms with Crippen molar-refractivity contribution in [2.45, 2.75) is 0 Å². The summed E-state index contributed by atoms with van der Waals surface area (Å²) in [7, 11) is -0.492. The van der Waals surface area contributed by atoms with E-state index >= 15 is 0 Å². The smallest absolute Gasteiger partial charge is 0.350 e. The summed E-state index contributed by atoms with van der Waals surface area (Å²) in [6, 6.07) is 0. The van der Waals surface area contributed by atoms with E-state index in [0.29, 0.717) is 0 Å². The van der Waals surface area contributed by atoms with E-state index in [-0.39, 0.29) is 8.55 Å². The van der Waals surface area contributed by atoms with Gasteiger partial charge in [-0.2, -0.15) is 0 Å². The zero-order chi connectivity index (χ0) is 4.28. The number of rotatable bonds is 1. The second-order valence-electron chi connectivity index (χ2n) is 0.820. The van der Waals surface area contributed by atoms with Crippen LogP contribution >= 0.6 is 0 Å². The first-order valence-corrected chi connectivity index (χ1v) is 11.0. The Hall–Kier alpha value is 0.251. The largest absolute Gasteiger partial charge is 0.406 e. The third-order valence-electron chi connectivity index (χ3n) is 0.348. The van der Waals surface area contributed by atoms with Crippen molar-refractivity contribution < 1.29 is 4.46 Å². The lowest BCUT2D eigenvalue weighted by Gasteiger charge is -1.67. The molecular formula is H7NOSi3. The highest BCUT2D eigenvalue weighted by molar-refractivity contribution is 7.25. The Morgan fingerprint density at radius 2 is 2.20 bits per heavy atom. The summed E-state index contributed by atoms with van der Waals surface area (Å²) in [6.45, 7) is 0. The average Bonchev–Trinajstić information content (AvgIpc) is 1.38. The molecule has 0 aromatic carbocycles. The fourth-order valence-electron chi connectivity index (χ4n) is 0. The normalized spacial score (nSPS) is 10.4. The molecule has 0 aromatic heterocycles. The van der Waals surface area contributed by atoms with E-state index in [1.165, 1.54) is 0 Å². The van der Waals surface area contributed by atoms with Crippen LogP contribution in [-0.4, -0.2) is 26.7 Å². The number of hydrogen-bond donors (Lipinski definition) is 1. The van der Waals surface area contributed by atoms with Crippen molar-refractivity contribution in [2.24, 2.45) is 5.40 Å². The van der Waals surface area contributed by atoms with Crippen LogP contribution in [0.4, 0.5) is 0 Å². The SMILES string of the molecule is N[Si](=O)[SiH2][SiH3]. The standard InChI is InChI=1S/H7NOSi3/c1-5(2)4-3/h1,4H2,3H3. The average molecular weight is 121 g/mol. The van der Waals surface area contributed by atoms with Crippen LogP contribution in [0.1, 0.15) is 0 Å². The Labute approximate surface area is 37.3 Å². The molecule has 5 heteroatoms. The molecule has 0 saturated heterocycles. The molecule has 0 fully saturated rings. The summed E-state index contributed by atoms with van der Waals surface area (Å²) in [5.41, 5.74) is 0. The molecular weight excluding hydrogens is 114 g/mol. The van der Waals surface area contributed by atoms with Gasteiger partial charge < -0.3 is 9.86 Å². The van der Waals surface area contributed by atoms with Crippen molar-refractivity contribution in [3.63, 3.8) is 0 Å².